The Bertz CT molecular complexity index is 1160. The molecule has 0 unspecified atom stereocenters. The number of rotatable bonds is 7. The smallest absolute Gasteiger partial charge is 0.339 e. The average molecular weight is 450 g/mol. The highest BCUT2D eigenvalue weighted by Crippen LogP contribution is 2.31. The minimum Gasteiger partial charge on any atom is -0.411 e. The Balaban J connectivity index is 1.92. The van der Waals surface area contributed by atoms with Crippen molar-refractivity contribution in [1.82, 2.24) is 0 Å². The fourth-order valence-electron chi connectivity index (χ4n) is 2.47. The van der Waals surface area contributed by atoms with Crippen molar-refractivity contribution >= 4 is 20.2 Å². The maximum Gasteiger partial charge on any atom is 0.339 e. The van der Waals surface area contributed by atoms with E-state index in [0.29, 0.717) is 0 Å². The van der Waals surface area contributed by atoms with Crippen molar-refractivity contribution in [2.45, 2.75) is 23.6 Å². The Morgan fingerprint density at radius 1 is 0.600 bits per heavy atom. The number of hydrogen-bond donors (Lipinski definition) is 1. The molecule has 0 saturated carbocycles. The highest BCUT2D eigenvalue weighted by molar-refractivity contribution is 7.87. The lowest BCUT2D eigenvalue weighted by Gasteiger charge is -2.12. The lowest BCUT2D eigenvalue weighted by molar-refractivity contribution is 0.332. The van der Waals surface area contributed by atoms with Gasteiger partial charge in [-0.2, -0.15) is 22.7 Å². The Labute approximate surface area is 175 Å². The van der Waals surface area contributed by atoms with Gasteiger partial charge in [-0.1, -0.05) is 35.4 Å². The Morgan fingerprint density at radius 3 is 1.27 bits per heavy atom. The second-order valence-electron chi connectivity index (χ2n) is 6.46. The van der Waals surface area contributed by atoms with Crippen LogP contribution in [0.4, 0.5) is 0 Å². The lowest BCUT2D eigenvalue weighted by atomic mass is 10.2. The van der Waals surface area contributed by atoms with E-state index in [2.05, 4.69) is 4.84 Å². The first kappa shape index (κ1) is 21.6. The quantitative estimate of drug-likeness (QED) is 0.431. The van der Waals surface area contributed by atoms with Crippen LogP contribution in [0.5, 0.6) is 17.2 Å². The van der Waals surface area contributed by atoms with E-state index in [9.17, 15) is 16.8 Å². The fourth-order valence-corrected chi connectivity index (χ4v) is 4.30. The minimum atomic E-state index is -4.17. The molecule has 0 spiro atoms. The zero-order chi connectivity index (χ0) is 21.9. The number of benzene rings is 3. The van der Waals surface area contributed by atoms with Crippen LogP contribution < -0.4 is 19.1 Å². The molecule has 8 nitrogen and oxygen atoms in total. The molecule has 0 aromatic heterocycles. The summed E-state index contributed by atoms with van der Waals surface area (Å²) in [5, 5.41) is 0. The van der Waals surface area contributed by atoms with E-state index >= 15 is 0 Å². The molecular weight excluding hydrogens is 430 g/mol. The number of hydrogen-bond acceptors (Lipinski definition) is 8. The van der Waals surface area contributed by atoms with Gasteiger partial charge in [-0.15, -0.1) is 0 Å². The van der Waals surface area contributed by atoms with Crippen LogP contribution >= 0.6 is 0 Å². The lowest BCUT2D eigenvalue weighted by Crippen LogP contribution is -2.12. The molecule has 3 rings (SSSR count). The predicted molar refractivity (Wildman–Crippen MR) is 109 cm³/mol. The van der Waals surface area contributed by atoms with Gasteiger partial charge in [-0.3, -0.25) is 0 Å². The Morgan fingerprint density at radius 2 is 0.933 bits per heavy atom. The van der Waals surface area contributed by atoms with Gasteiger partial charge in [-0.25, -0.2) is 0 Å². The van der Waals surface area contributed by atoms with E-state index in [1.165, 1.54) is 36.4 Å². The van der Waals surface area contributed by atoms with Crippen molar-refractivity contribution in [3.8, 4) is 17.2 Å². The zero-order valence-corrected chi connectivity index (χ0v) is 17.7. The molecule has 0 aliphatic carbocycles. The molecule has 0 aliphatic heterocycles. The van der Waals surface area contributed by atoms with Crippen LogP contribution in [0.2, 0.25) is 0 Å². The minimum absolute atomic E-state index is 0.0549. The zero-order valence-electron chi connectivity index (χ0n) is 16.1. The van der Waals surface area contributed by atoms with E-state index in [4.69, 9.17) is 14.3 Å². The van der Waals surface area contributed by atoms with Crippen LogP contribution in [0.25, 0.3) is 0 Å². The van der Waals surface area contributed by atoms with Gasteiger partial charge < -0.3 is 13.2 Å². The summed E-state index contributed by atoms with van der Waals surface area (Å²) in [6, 6.07) is 15.6. The van der Waals surface area contributed by atoms with Gasteiger partial charge in [0.05, 0.1) is 0 Å². The number of aryl methyl sites for hydroxylation is 2. The first-order valence-electron chi connectivity index (χ1n) is 8.63. The number of nitrogens with two attached hydrogens (primary N) is 1. The van der Waals surface area contributed by atoms with Crippen molar-refractivity contribution < 1.29 is 30.0 Å². The highest BCUT2D eigenvalue weighted by Gasteiger charge is 2.21. The summed E-state index contributed by atoms with van der Waals surface area (Å²) in [6.07, 6.45) is 0. The molecule has 0 aliphatic rings. The van der Waals surface area contributed by atoms with Gasteiger partial charge in [-0.05, 0) is 38.1 Å². The van der Waals surface area contributed by atoms with E-state index in [1.807, 2.05) is 13.8 Å². The molecule has 0 amide bonds. The van der Waals surface area contributed by atoms with E-state index in [-0.39, 0.29) is 27.0 Å². The largest absolute Gasteiger partial charge is 0.411 e. The molecule has 2 N–H and O–H groups in total. The molecule has 0 fully saturated rings. The Hall–Kier alpha value is -3.08. The van der Waals surface area contributed by atoms with Gasteiger partial charge >= 0.3 is 20.2 Å². The molecule has 10 heteroatoms. The molecular formula is C20H19NO7S2. The second-order valence-corrected chi connectivity index (χ2v) is 9.55. The van der Waals surface area contributed by atoms with E-state index in [0.717, 1.165) is 17.2 Å². The highest BCUT2D eigenvalue weighted by atomic mass is 32.2. The fraction of sp³-hybridized carbons (Fsp3) is 0.100. The Kier molecular flexibility index (Phi) is 6.01. The van der Waals surface area contributed by atoms with Crippen molar-refractivity contribution in [2.24, 2.45) is 5.90 Å². The SMILES string of the molecule is Cc1ccc(S(=O)(=O)Oc2cc(ON)cc(OS(=O)(=O)c3ccc(C)cc3)c2)cc1. The van der Waals surface area contributed by atoms with Crippen LogP contribution in [0.1, 0.15) is 11.1 Å². The summed E-state index contributed by atoms with van der Waals surface area (Å²) in [5.74, 6) is 4.65. The summed E-state index contributed by atoms with van der Waals surface area (Å²) in [4.78, 5) is 4.48. The van der Waals surface area contributed by atoms with E-state index in [1.54, 1.807) is 24.3 Å². The summed E-state index contributed by atoms with van der Waals surface area (Å²) >= 11 is 0. The van der Waals surface area contributed by atoms with Crippen LogP contribution in [0.15, 0.2) is 76.5 Å². The third-order valence-corrected chi connectivity index (χ3v) is 6.54. The van der Waals surface area contributed by atoms with Crippen molar-refractivity contribution in [3.05, 3.63) is 77.9 Å². The van der Waals surface area contributed by atoms with Gasteiger partial charge in [0.15, 0.2) is 17.2 Å². The molecule has 0 heterocycles. The van der Waals surface area contributed by atoms with Crippen LogP contribution in [-0.2, 0) is 20.2 Å². The maximum absolute atomic E-state index is 12.5. The first-order valence-corrected chi connectivity index (χ1v) is 11.4. The van der Waals surface area contributed by atoms with Gasteiger partial charge in [0, 0.05) is 18.2 Å². The topological polar surface area (TPSA) is 122 Å². The van der Waals surface area contributed by atoms with E-state index < -0.39 is 20.2 Å². The molecule has 3 aromatic rings. The maximum atomic E-state index is 12.5. The summed E-state index contributed by atoms with van der Waals surface area (Å²) in [5.41, 5.74) is 1.76. The molecule has 30 heavy (non-hydrogen) atoms. The molecule has 158 valence electrons. The van der Waals surface area contributed by atoms with Crippen LogP contribution in [0, 0.1) is 13.8 Å². The van der Waals surface area contributed by atoms with Gasteiger partial charge in [0.25, 0.3) is 0 Å². The molecule has 0 bridgehead atoms. The molecule has 3 aromatic carbocycles. The van der Waals surface area contributed by atoms with Crippen molar-refractivity contribution in [1.29, 1.82) is 0 Å². The standard InChI is InChI=1S/C20H19NO7S2/c1-14-3-7-19(8-4-14)29(22,23)27-17-11-16(26-21)12-18(13-17)28-30(24,25)20-9-5-15(2)6-10-20/h3-13H,21H2,1-2H3. The summed E-state index contributed by atoms with van der Waals surface area (Å²) < 4.78 is 60.3. The normalized spacial score (nSPS) is 11.7. The van der Waals surface area contributed by atoms with Crippen molar-refractivity contribution in [2.75, 3.05) is 0 Å². The molecule has 0 atom stereocenters. The third kappa shape index (κ3) is 5.09. The van der Waals surface area contributed by atoms with Crippen LogP contribution in [-0.4, -0.2) is 16.8 Å². The molecule has 0 saturated heterocycles. The summed E-state index contributed by atoms with van der Waals surface area (Å²) in [7, 11) is -8.35. The van der Waals surface area contributed by atoms with Gasteiger partial charge in [0.1, 0.15) is 9.79 Å². The predicted octanol–water partition coefficient (Wildman–Crippen LogP) is 3.09. The third-order valence-electron chi connectivity index (χ3n) is 4.02. The average Bonchev–Trinajstić information content (AvgIpc) is 2.67. The second kappa shape index (κ2) is 8.34. The summed E-state index contributed by atoms with van der Waals surface area (Å²) in [6.45, 7) is 3.63. The van der Waals surface area contributed by atoms with Crippen molar-refractivity contribution in [3.63, 3.8) is 0 Å². The van der Waals surface area contributed by atoms with Gasteiger partial charge in [0.2, 0.25) is 0 Å². The monoisotopic (exact) mass is 449 g/mol. The first-order chi connectivity index (χ1) is 14.1. The molecule has 0 radical (unpaired) electrons. The van der Waals surface area contributed by atoms with Crippen LogP contribution in [0.3, 0.4) is 0 Å².